The molecular weight excluding hydrogens is 322 g/mol. The van der Waals surface area contributed by atoms with Crippen LogP contribution in [0.15, 0.2) is 53.7 Å². The fraction of sp³-hybridized carbons (Fsp3) is 0.278. The van der Waals surface area contributed by atoms with Gasteiger partial charge >= 0.3 is 0 Å². The molecule has 0 aliphatic carbocycles. The van der Waals surface area contributed by atoms with Crippen molar-refractivity contribution in [3.05, 3.63) is 59.9 Å². The highest BCUT2D eigenvalue weighted by Gasteiger charge is 2.14. The maximum Gasteiger partial charge on any atom is 0.240 e. The van der Waals surface area contributed by atoms with Gasteiger partial charge in [-0.15, -0.1) is 0 Å². The quantitative estimate of drug-likeness (QED) is 0.748. The lowest BCUT2D eigenvalue weighted by Gasteiger charge is -2.07. The fourth-order valence-electron chi connectivity index (χ4n) is 2.80. The number of rotatable bonds is 6. The van der Waals surface area contributed by atoms with Gasteiger partial charge in [0.2, 0.25) is 10.0 Å². The molecule has 126 valence electrons. The molecule has 0 aliphatic heterocycles. The van der Waals surface area contributed by atoms with Crippen LogP contribution in [0, 0.1) is 0 Å². The van der Waals surface area contributed by atoms with Gasteiger partial charge in [-0.05, 0) is 48.2 Å². The Hall–Kier alpha value is -2.18. The molecule has 24 heavy (non-hydrogen) atoms. The number of nitrogens with one attached hydrogen (secondary N) is 1. The molecule has 2 heterocycles. The van der Waals surface area contributed by atoms with Crippen molar-refractivity contribution in [3.8, 4) is 0 Å². The van der Waals surface area contributed by atoms with Crippen LogP contribution in [0.25, 0.3) is 11.0 Å². The molecule has 0 radical (unpaired) electrons. The maximum absolute atomic E-state index is 12.4. The van der Waals surface area contributed by atoms with E-state index in [0.29, 0.717) is 17.9 Å². The van der Waals surface area contributed by atoms with E-state index in [1.54, 1.807) is 18.3 Å². The van der Waals surface area contributed by atoms with Crippen molar-refractivity contribution in [1.82, 2.24) is 14.3 Å². The number of aromatic nitrogens is 2. The van der Waals surface area contributed by atoms with Crippen LogP contribution in [0.5, 0.6) is 0 Å². The first-order chi connectivity index (χ1) is 11.5. The molecule has 3 rings (SSSR count). The number of nitrogens with zero attached hydrogens (tertiary/aromatic N) is 2. The molecule has 1 aromatic carbocycles. The molecule has 0 spiro atoms. The van der Waals surface area contributed by atoms with Crippen molar-refractivity contribution in [1.29, 1.82) is 0 Å². The second kappa shape index (κ2) is 6.75. The smallest absolute Gasteiger partial charge is 0.240 e. The summed E-state index contributed by atoms with van der Waals surface area (Å²) in [5.41, 5.74) is 3.12. The molecule has 0 bridgehead atoms. The van der Waals surface area contributed by atoms with Gasteiger partial charge in [0, 0.05) is 31.4 Å². The molecule has 0 saturated heterocycles. The van der Waals surface area contributed by atoms with E-state index in [1.165, 1.54) is 0 Å². The molecule has 1 N–H and O–H groups in total. The molecule has 6 heteroatoms. The second-order valence-electron chi connectivity index (χ2n) is 5.79. The van der Waals surface area contributed by atoms with Crippen molar-refractivity contribution in [2.24, 2.45) is 7.05 Å². The van der Waals surface area contributed by atoms with E-state index in [4.69, 9.17) is 0 Å². The summed E-state index contributed by atoms with van der Waals surface area (Å²) >= 11 is 0. The molecule has 3 aromatic rings. The van der Waals surface area contributed by atoms with E-state index >= 15 is 0 Å². The summed E-state index contributed by atoms with van der Waals surface area (Å²) in [5.74, 6) is 0. The summed E-state index contributed by atoms with van der Waals surface area (Å²) < 4.78 is 29.4. The number of sulfonamides is 1. The number of hydrogen-bond donors (Lipinski definition) is 1. The highest BCUT2D eigenvalue weighted by atomic mass is 32.2. The number of fused-ring (bicyclic) bond motifs is 1. The second-order valence-corrected chi connectivity index (χ2v) is 7.55. The van der Waals surface area contributed by atoms with Crippen molar-refractivity contribution in [3.63, 3.8) is 0 Å². The Kier molecular flexibility index (Phi) is 4.69. The van der Waals surface area contributed by atoms with Crippen LogP contribution < -0.4 is 4.72 Å². The first-order valence-corrected chi connectivity index (χ1v) is 9.47. The zero-order chi connectivity index (χ0) is 17.2. The summed E-state index contributed by atoms with van der Waals surface area (Å²) in [7, 11) is -1.53. The zero-order valence-corrected chi connectivity index (χ0v) is 14.7. The van der Waals surface area contributed by atoms with Gasteiger partial charge in [-0.3, -0.25) is 0 Å². The Morgan fingerprint density at radius 2 is 1.92 bits per heavy atom. The summed E-state index contributed by atoms with van der Waals surface area (Å²) in [6.07, 6.45) is 5.27. The number of pyridine rings is 1. The van der Waals surface area contributed by atoms with Crippen LogP contribution >= 0.6 is 0 Å². The molecule has 0 aliphatic rings. The van der Waals surface area contributed by atoms with Crippen LogP contribution in [0.3, 0.4) is 0 Å². The molecular formula is C18H21N3O2S. The van der Waals surface area contributed by atoms with E-state index in [2.05, 4.69) is 9.71 Å². The van der Waals surface area contributed by atoms with Gasteiger partial charge < -0.3 is 4.57 Å². The summed E-state index contributed by atoms with van der Waals surface area (Å²) in [4.78, 5) is 4.65. The minimum Gasteiger partial charge on any atom is -0.335 e. The van der Waals surface area contributed by atoms with Crippen molar-refractivity contribution < 1.29 is 8.42 Å². The lowest BCUT2D eigenvalue weighted by molar-refractivity contribution is 0.581. The van der Waals surface area contributed by atoms with Crippen molar-refractivity contribution >= 4 is 21.1 Å². The van der Waals surface area contributed by atoms with Gasteiger partial charge in [0.15, 0.2) is 0 Å². The molecule has 0 unspecified atom stereocenters. The predicted octanol–water partition coefficient (Wildman–Crippen LogP) is 2.66. The highest BCUT2D eigenvalue weighted by Crippen LogP contribution is 2.18. The molecule has 0 fully saturated rings. The van der Waals surface area contributed by atoms with Crippen molar-refractivity contribution in [2.75, 3.05) is 6.54 Å². The van der Waals surface area contributed by atoms with E-state index in [-0.39, 0.29) is 0 Å². The van der Waals surface area contributed by atoms with Gasteiger partial charge in [-0.25, -0.2) is 18.1 Å². The summed E-state index contributed by atoms with van der Waals surface area (Å²) in [6.45, 7) is 2.40. The molecule has 2 aromatic heterocycles. The van der Waals surface area contributed by atoms with Crippen LogP contribution in [-0.2, 0) is 29.9 Å². The van der Waals surface area contributed by atoms with Crippen LogP contribution in [0.4, 0.5) is 0 Å². The Balaban J connectivity index is 1.70. The third kappa shape index (κ3) is 3.34. The fourth-order valence-corrected chi connectivity index (χ4v) is 3.83. The van der Waals surface area contributed by atoms with Gasteiger partial charge in [0.1, 0.15) is 5.65 Å². The SMILES string of the molecule is CCc1ccc(S(=O)(=O)NCCc2cn(C)c3ncccc23)cc1. The largest absolute Gasteiger partial charge is 0.335 e. The Bertz CT molecular complexity index is 944. The van der Waals surface area contributed by atoms with Gasteiger partial charge in [0.25, 0.3) is 0 Å². The highest BCUT2D eigenvalue weighted by molar-refractivity contribution is 7.89. The monoisotopic (exact) mass is 343 g/mol. The molecule has 0 atom stereocenters. The van der Waals surface area contributed by atoms with E-state index in [0.717, 1.165) is 28.6 Å². The van der Waals surface area contributed by atoms with Gasteiger partial charge in [-0.1, -0.05) is 19.1 Å². The summed E-state index contributed by atoms with van der Waals surface area (Å²) in [6, 6.07) is 10.9. The Morgan fingerprint density at radius 1 is 1.17 bits per heavy atom. The third-order valence-corrected chi connectivity index (χ3v) is 5.62. The normalized spacial score (nSPS) is 11.9. The van der Waals surface area contributed by atoms with Gasteiger partial charge in [-0.2, -0.15) is 0 Å². The standard InChI is InChI=1S/C18H21N3O2S/c1-3-14-6-8-16(9-7-14)24(22,23)20-12-10-15-13-21(2)18-17(15)5-4-11-19-18/h4-9,11,13,20H,3,10,12H2,1-2H3. The number of aryl methyl sites for hydroxylation is 2. The van der Waals surface area contributed by atoms with Crippen LogP contribution in [-0.4, -0.2) is 24.5 Å². The van der Waals surface area contributed by atoms with Crippen LogP contribution in [0.2, 0.25) is 0 Å². The first kappa shape index (κ1) is 16.7. The molecule has 0 saturated carbocycles. The lowest BCUT2D eigenvalue weighted by Crippen LogP contribution is -2.26. The first-order valence-electron chi connectivity index (χ1n) is 7.99. The minimum atomic E-state index is -3.47. The van der Waals surface area contributed by atoms with E-state index in [1.807, 2.05) is 49.0 Å². The number of hydrogen-bond acceptors (Lipinski definition) is 3. The average molecular weight is 343 g/mol. The summed E-state index contributed by atoms with van der Waals surface area (Å²) in [5, 5.41) is 1.06. The average Bonchev–Trinajstić information content (AvgIpc) is 2.91. The maximum atomic E-state index is 12.4. The van der Waals surface area contributed by atoms with Gasteiger partial charge in [0.05, 0.1) is 4.90 Å². The zero-order valence-electron chi connectivity index (χ0n) is 13.9. The van der Waals surface area contributed by atoms with E-state index < -0.39 is 10.0 Å². The predicted molar refractivity (Wildman–Crippen MR) is 95.4 cm³/mol. The Labute approximate surface area is 142 Å². The topological polar surface area (TPSA) is 64.0 Å². The molecule has 5 nitrogen and oxygen atoms in total. The lowest BCUT2D eigenvalue weighted by atomic mass is 10.2. The van der Waals surface area contributed by atoms with Crippen LogP contribution in [0.1, 0.15) is 18.1 Å². The number of benzene rings is 1. The van der Waals surface area contributed by atoms with E-state index in [9.17, 15) is 8.42 Å². The molecule has 0 amide bonds. The van der Waals surface area contributed by atoms with Crippen molar-refractivity contribution in [2.45, 2.75) is 24.7 Å². The third-order valence-electron chi connectivity index (χ3n) is 4.14. The Morgan fingerprint density at radius 3 is 2.62 bits per heavy atom. The minimum absolute atomic E-state index is 0.305.